The largest absolute Gasteiger partial charge is 0.497 e. The van der Waals surface area contributed by atoms with Crippen LogP contribution >= 0.6 is 0 Å². The lowest BCUT2D eigenvalue weighted by atomic mass is 10.0. The van der Waals surface area contributed by atoms with Crippen molar-refractivity contribution in [3.8, 4) is 5.75 Å². The average molecular weight is 751 g/mol. The molecule has 5 aromatic rings. The predicted octanol–water partition coefficient (Wildman–Crippen LogP) is 2.62. The molecular formula is C40H50N10O5. The Balaban J connectivity index is 0.000000197. The fourth-order valence-electron chi connectivity index (χ4n) is 7.00. The van der Waals surface area contributed by atoms with Gasteiger partial charge in [-0.15, -0.1) is 10.2 Å². The molecule has 0 amide bonds. The highest BCUT2D eigenvalue weighted by Crippen LogP contribution is 2.17. The number of anilines is 2. The summed E-state index contributed by atoms with van der Waals surface area (Å²) in [7, 11) is 4.54. The summed E-state index contributed by atoms with van der Waals surface area (Å²) in [6.45, 7) is 5.78. The molecule has 2 fully saturated rings. The van der Waals surface area contributed by atoms with E-state index < -0.39 is 22.5 Å². The molecular weight excluding hydrogens is 701 g/mol. The minimum absolute atomic E-state index is 0.0969. The topological polar surface area (TPSA) is 164 Å². The maximum Gasteiger partial charge on any atom is 0.347 e. The number of rotatable bonds is 11. The highest BCUT2D eigenvalue weighted by molar-refractivity contribution is 5.33. The smallest absolute Gasteiger partial charge is 0.347 e. The molecule has 15 nitrogen and oxygen atoms in total. The van der Waals surface area contributed by atoms with Crippen molar-refractivity contribution in [2.24, 2.45) is 14.1 Å². The monoisotopic (exact) mass is 750 g/mol. The van der Waals surface area contributed by atoms with E-state index in [0.717, 1.165) is 85.4 Å². The minimum atomic E-state index is -0.505. The van der Waals surface area contributed by atoms with Crippen LogP contribution in [0, 0.1) is 0 Å². The van der Waals surface area contributed by atoms with E-state index in [9.17, 15) is 19.2 Å². The molecule has 0 spiro atoms. The summed E-state index contributed by atoms with van der Waals surface area (Å²) in [5.74, 6) is 1.17. The maximum atomic E-state index is 12.7. The lowest BCUT2D eigenvalue weighted by Gasteiger charge is -2.33. The van der Waals surface area contributed by atoms with Crippen molar-refractivity contribution in [1.29, 1.82) is 0 Å². The van der Waals surface area contributed by atoms with E-state index in [0.29, 0.717) is 0 Å². The van der Waals surface area contributed by atoms with Crippen molar-refractivity contribution in [3.05, 3.63) is 143 Å². The standard InChI is InChI=1S/C24H29N5O3.C16H21N5O2/c1-27-23(30)22(26-29(24(27)31)16-19-10-12-21(32-2)13-11-19)25-20-9-6-14-28(17-20)15-18-7-4-3-5-8-18;1-20-15(22)14(18-19-16(20)23)17-13-8-5-9-21(11-13)10-12-6-3-2-4-7-12/h3-5,7-8,10-13,20H,6,9,14-17H2,1-2H3,(H,25,26);2-4,6-7,13H,5,8-11H2,1H3,(H,17,18)(H,19,23)/t20-;13-/m11/s1. The molecule has 0 radical (unpaired) electrons. The number of ether oxygens (including phenoxy) is 1. The molecule has 55 heavy (non-hydrogen) atoms. The third-order valence-electron chi connectivity index (χ3n) is 9.99. The van der Waals surface area contributed by atoms with Crippen LogP contribution in [0.4, 0.5) is 11.6 Å². The number of nitrogens with one attached hydrogen (secondary N) is 3. The highest BCUT2D eigenvalue weighted by atomic mass is 16.5. The Bertz CT molecular complexity index is 2240. The summed E-state index contributed by atoms with van der Waals surface area (Å²) < 4.78 is 8.66. The zero-order chi connectivity index (χ0) is 38.7. The van der Waals surface area contributed by atoms with Crippen molar-refractivity contribution >= 4 is 11.6 Å². The number of hydrogen-bond donors (Lipinski definition) is 3. The van der Waals surface area contributed by atoms with E-state index in [2.05, 4.69) is 72.1 Å². The van der Waals surface area contributed by atoms with Crippen LogP contribution in [-0.4, -0.2) is 84.3 Å². The average Bonchev–Trinajstić information content (AvgIpc) is 3.21. The summed E-state index contributed by atoms with van der Waals surface area (Å²) in [4.78, 5) is 53.5. The van der Waals surface area contributed by atoms with E-state index in [1.807, 2.05) is 48.5 Å². The fraction of sp³-hybridized carbons (Fsp3) is 0.400. The van der Waals surface area contributed by atoms with Gasteiger partial charge in [-0.05, 0) is 67.6 Å². The van der Waals surface area contributed by atoms with Crippen LogP contribution in [-0.2, 0) is 33.7 Å². The van der Waals surface area contributed by atoms with Crippen molar-refractivity contribution in [1.82, 2.24) is 38.9 Å². The second kappa shape index (κ2) is 18.5. The number of hydrogen-bond acceptors (Lipinski definition) is 11. The number of benzene rings is 3. The van der Waals surface area contributed by atoms with Gasteiger partial charge in [0.2, 0.25) is 11.6 Å². The molecule has 15 heteroatoms. The van der Waals surface area contributed by atoms with Gasteiger partial charge >= 0.3 is 11.4 Å². The Kier molecular flexibility index (Phi) is 13.1. The van der Waals surface area contributed by atoms with Crippen LogP contribution in [0.3, 0.4) is 0 Å². The van der Waals surface area contributed by atoms with E-state index in [1.165, 1.54) is 29.9 Å². The van der Waals surface area contributed by atoms with Gasteiger partial charge in [-0.1, -0.05) is 72.8 Å². The number of H-pyrrole nitrogens is 1. The summed E-state index contributed by atoms with van der Waals surface area (Å²) in [6, 6.07) is 28.4. The number of aromatic nitrogens is 6. The fourth-order valence-corrected chi connectivity index (χ4v) is 7.00. The van der Waals surface area contributed by atoms with Gasteiger partial charge in [0.15, 0.2) is 0 Å². The SMILES string of the molecule is COc1ccc(Cn2nc(N[C@@H]3CCCN(Cc4ccccc4)C3)c(=O)n(C)c2=O)cc1.Cn1c(=O)[nH]nc(N[C@@H]2CCCN(Cc3ccccc3)C2)c1=O. The first-order valence-electron chi connectivity index (χ1n) is 18.7. The molecule has 2 aromatic heterocycles. The normalized spacial score (nSPS) is 17.5. The molecule has 0 saturated carbocycles. The molecule has 2 saturated heterocycles. The number of nitrogens with zero attached hydrogens (tertiary/aromatic N) is 7. The van der Waals surface area contributed by atoms with E-state index in [1.54, 1.807) is 7.11 Å². The van der Waals surface area contributed by atoms with Gasteiger partial charge in [-0.3, -0.25) is 28.5 Å². The Morgan fingerprint density at radius 1 is 0.673 bits per heavy atom. The zero-order valence-electron chi connectivity index (χ0n) is 31.7. The third kappa shape index (κ3) is 10.5. The van der Waals surface area contributed by atoms with Gasteiger partial charge in [0.05, 0.1) is 13.7 Å². The molecule has 2 aliphatic heterocycles. The second-order valence-electron chi connectivity index (χ2n) is 14.2. The van der Waals surface area contributed by atoms with E-state index >= 15 is 0 Å². The molecule has 7 rings (SSSR count). The molecule has 2 aliphatic rings. The van der Waals surface area contributed by atoms with Gasteiger partial charge in [0.1, 0.15) is 5.75 Å². The van der Waals surface area contributed by atoms with Crippen LogP contribution in [0.15, 0.2) is 104 Å². The molecule has 2 atom stereocenters. The highest BCUT2D eigenvalue weighted by Gasteiger charge is 2.23. The summed E-state index contributed by atoms with van der Waals surface area (Å²) in [5, 5.41) is 17.0. The van der Waals surface area contributed by atoms with Crippen LogP contribution in [0.1, 0.15) is 42.4 Å². The summed E-state index contributed by atoms with van der Waals surface area (Å²) >= 11 is 0. The summed E-state index contributed by atoms with van der Waals surface area (Å²) in [5.41, 5.74) is 1.72. The van der Waals surface area contributed by atoms with Crippen molar-refractivity contribution in [2.45, 2.75) is 57.4 Å². The second-order valence-corrected chi connectivity index (χ2v) is 14.2. The first kappa shape index (κ1) is 38.9. The van der Waals surface area contributed by atoms with Gasteiger partial charge in [-0.25, -0.2) is 19.4 Å². The first-order valence-corrected chi connectivity index (χ1v) is 18.7. The molecule has 0 aliphatic carbocycles. The molecule has 4 heterocycles. The lowest BCUT2D eigenvalue weighted by molar-refractivity contribution is 0.208. The maximum absolute atomic E-state index is 12.7. The van der Waals surface area contributed by atoms with E-state index in [-0.39, 0.29) is 30.3 Å². The Morgan fingerprint density at radius 2 is 1.18 bits per heavy atom. The van der Waals surface area contributed by atoms with E-state index in [4.69, 9.17) is 4.74 Å². The molecule has 0 bridgehead atoms. The predicted molar refractivity (Wildman–Crippen MR) is 213 cm³/mol. The van der Waals surface area contributed by atoms with Crippen molar-refractivity contribution in [3.63, 3.8) is 0 Å². The number of aromatic amines is 1. The zero-order valence-corrected chi connectivity index (χ0v) is 31.7. The molecule has 290 valence electrons. The Labute approximate surface area is 319 Å². The first-order chi connectivity index (χ1) is 26.7. The Hall–Kier alpha value is -5.80. The van der Waals surface area contributed by atoms with Gasteiger partial charge in [0.25, 0.3) is 11.1 Å². The molecule has 3 aromatic carbocycles. The molecule has 0 unspecified atom stereocenters. The van der Waals surface area contributed by atoms with Crippen LogP contribution in [0.5, 0.6) is 5.75 Å². The number of piperidine rings is 2. The lowest BCUT2D eigenvalue weighted by Crippen LogP contribution is -2.46. The number of methoxy groups -OCH3 is 1. The van der Waals surface area contributed by atoms with Crippen LogP contribution < -0.4 is 37.9 Å². The van der Waals surface area contributed by atoms with Gasteiger partial charge in [-0.2, -0.15) is 0 Å². The van der Waals surface area contributed by atoms with Crippen LogP contribution in [0.2, 0.25) is 0 Å². The molecule has 3 N–H and O–H groups in total. The minimum Gasteiger partial charge on any atom is -0.497 e. The van der Waals surface area contributed by atoms with Crippen molar-refractivity contribution in [2.75, 3.05) is 43.9 Å². The quantitative estimate of drug-likeness (QED) is 0.182. The van der Waals surface area contributed by atoms with Crippen LogP contribution in [0.25, 0.3) is 0 Å². The third-order valence-corrected chi connectivity index (χ3v) is 9.99. The van der Waals surface area contributed by atoms with Crippen molar-refractivity contribution < 1.29 is 4.74 Å². The number of likely N-dealkylation sites (tertiary alicyclic amines) is 2. The van der Waals surface area contributed by atoms with Gasteiger partial charge < -0.3 is 15.4 Å². The Morgan fingerprint density at radius 3 is 1.73 bits per heavy atom. The summed E-state index contributed by atoms with van der Waals surface area (Å²) in [6.07, 6.45) is 4.04. The van der Waals surface area contributed by atoms with Gasteiger partial charge in [0, 0.05) is 52.4 Å².